The minimum Gasteiger partial charge on any atom is -0.481 e. The number of hydrogen-bond acceptors (Lipinski definition) is 9. The molecule has 7 N–H and O–H groups in total. The van der Waals surface area contributed by atoms with E-state index in [1.54, 1.807) is 11.5 Å². The summed E-state index contributed by atoms with van der Waals surface area (Å²) in [6.07, 6.45) is 3.73. The van der Waals surface area contributed by atoms with E-state index >= 15 is 0 Å². The molecule has 33 heavy (non-hydrogen) atoms. The number of rotatable bonds is 5. The number of fused-ring (bicyclic) bond motifs is 1. The first-order chi connectivity index (χ1) is 15.5. The van der Waals surface area contributed by atoms with Crippen LogP contribution in [0.2, 0.25) is 0 Å². The maximum absolute atomic E-state index is 13.4. The van der Waals surface area contributed by atoms with E-state index in [-0.39, 0.29) is 50.0 Å². The molecule has 0 radical (unpaired) electrons. The van der Waals surface area contributed by atoms with Crippen LogP contribution < -0.4 is 11.5 Å². The predicted octanol–water partition coefficient (Wildman–Crippen LogP) is 0.301. The number of nitrogen functional groups attached to an aromatic ring is 2. The summed E-state index contributed by atoms with van der Waals surface area (Å²) < 4.78 is 1.62. The van der Waals surface area contributed by atoms with Crippen LogP contribution in [-0.4, -0.2) is 76.4 Å². The average molecular weight is 462 g/mol. The number of likely N-dealkylation sites (tertiary alicyclic amines) is 1. The largest absolute Gasteiger partial charge is 0.481 e. The van der Waals surface area contributed by atoms with Crippen LogP contribution in [0.15, 0.2) is 6.33 Å². The fraction of sp³-hybridized carbons (Fsp3) is 0.667. The van der Waals surface area contributed by atoms with Crippen molar-refractivity contribution in [3.8, 4) is 0 Å². The number of hydrogen-bond donors (Lipinski definition) is 5. The Labute approximate surface area is 190 Å². The van der Waals surface area contributed by atoms with Crippen LogP contribution in [0.4, 0.5) is 11.8 Å². The maximum Gasteiger partial charge on any atom is 0.303 e. The van der Waals surface area contributed by atoms with Gasteiger partial charge in [0.1, 0.15) is 5.52 Å². The van der Waals surface area contributed by atoms with E-state index in [4.69, 9.17) is 11.5 Å². The minimum atomic E-state index is -1.40. The molecule has 3 atom stereocenters. The van der Waals surface area contributed by atoms with Gasteiger partial charge in [-0.25, -0.2) is 4.98 Å². The fourth-order valence-electron chi connectivity index (χ4n) is 5.48. The zero-order valence-corrected chi connectivity index (χ0v) is 18.6. The average Bonchev–Trinajstić information content (AvgIpc) is 3.28. The molecular formula is C21H31N7O5. The normalized spacial score (nSPS) is 27.5. The Kier molecular flexibility index (Phi) is 5.91. The summed E-state index contributed by atoms with van der Waals surface area (Å²) in [6, 6.07) is -0.698. The molecular weight excluding hydrogens is 430 g/mol. The van der Waals surface area contributed by atoms with Crippen molar-refractivity contribution in [2.24, 2.45) is 5.41 Å². The highest BCUT2D eigenvalue weighted by atomic mass is 16.4. The first kappa shape index (κ1) is 23.2. The van der Waals surface area contributed by atoms with Crippen molar-refractivity contribution in [1.29, 1.82) is 0 Å². The van der Waals surface area contributed by atoms with Gasteiger partial charge in [0.2, 0.25) is 11.9 Å². The van der Waals surface area contributed by atoms with Gasteiger partial charge in [-0.05, 0) is 25.2 Å². The third kappa shape index (κ3) is 4.58. The Morgan fingerprint density at radius 1 is 1.18 bits per heavy atom. The smallest absolute Gasteiger partial charge is 0.303 e. The van der Waals surface area contributed by atoms with E-state index in [2.05, 4.69) is 15.0 Å². The molecule has 2 fully saturated rings. The Balaban J connectivity index is 1.66. The molecule has 12 heteroatoms. The highest BCUT2D eigenvalue weighted by molar-refractivity contribution is 5.83. The molecule has 0 spiro atoms. The number of nitrogens with two attached hydrogens (primary N) is 2. The molecule has 1 aliphatic heterocycles. The minimum absolute atomic E-state index is 0.0252. The molecule has 1 saturated heterocycles. The zero-order valence-electron chi connectivity index (χ0n) is 18.6. The van der Waals surface area contributed by atoms with Gasteiger partial charge in [0.15, 0.2) is 11.5 Å². The number of anilines is 2. The van der Waals surface area contributed by atoms with Gasteiger partial charge in [-0.1, -0.05) is 12.8 Å². The second kappa shape index (κ2) is 8.41. The second-order valence-corrected chi connectivity index (χ2v) is 9.78. The van der Waals surface area contributed by atoms with Crippen LogP contribution in [0.3, 0.4) is 0 Å². The molecule has 3 heterocycles. The molecule has 0 aromatic carbocycles. The van der Waals surface area contributed by atoms with Crippen LogP contribution in [0.1, 0.15) is 57.9 Å². The molecule has 2 aliphatic rings. The first-order valence-corrected chi connectivity index (χ1v) is 11.2. The number of aliphatic hydroxyl groups is 2. The number of amides is 1. The van der Waals surface area contributed by atoms with E-state index < -0.39 is 29.1 Å². The van der Waals surface area contributed by atoms with Crippen LogP contribution in [0.5, 0.6) is 0 Å². The summed E-state index contributed by atoms with van der Waals surface area (Å²) in [6.45, 7) is 1.72. The van der Waals surface area contributed by atoms with Gasteiger partial charge in [-0.15, -0.1) is 0 Å². The molecule has 0 unspecified atom stereocenters. The van der Waals surface area contributed by atoms with Crippen LogP contribution in [0.25, 0.3) is 11.2 Å². The lowest BCUT2D eigenvalue weighted by Gasteiger charge is -2.35. The van der Waals surface area contributed by atoms with Crippen LogP contribution in [0, 0.1) is 5.41 Å². The Morgan fingerprint density at radius 2 is 1.88 bits per heavy atom. The van der Waals surface area contributed by atoms with E-state index in [0.29, 0.717) is 24.0 Å². The fourth-order valence-corrected chi connectivity index (χ4v) is 5.48. The second-order valence-electron chi connectivity index (χ2n) is 9.78. The van der Waals surface area contributed by atoms with Gasteiger partial charge in [-0.3, -0.25) is 9.59 Å². The Hall–Kier alpha value is -2.99. The van der Waals surface area contributed by atoms with Crippen molar-refractivity contribution in [3.05, 3.63) is 6.33 Å². The first-order valence-electron chi connectivity index (χ1n) is 11.2. The van der Waals surface area contributed by atoms with E-state index in [9.17, 15) is 24.9 Å². The monoisotopic (exact) mass is 461 g/mol. The van der Waals surface area contributed by atoms with Gasteiger partial charge in [-0.2, -0.15) is 9.97 Å². The molecule has 0 bridgehead atoms. The Morgan fingerprint density at radius 3 is 2.55 bits per heavy atom. The summed E-state index contributed by atoms with van der Waals surface area (Å²) >= 11 is 0. The molecule has 4 rings (SSSR count). The quantitative estimate of drug-likeness (QED) is 0.413. The molecule has 2 aromatic rings. The highest BCUT2D eigenvalue weighted by Gasteiger charge is 2.44. The lowest BCUT2D eigenvalue weighted by molar-refractivity contribution is -0.142. The molecule has 180 valence electrons. The van der Waals surface area contributed by atoms with E-state index in [0.717, 1.165) is 12.8 Å². The van der Waals surface area contributed by atoms with Gasteiger partial charge in [0.25, 0.3) is 0 Å². The topological polar surface area (TPSA) is 194 Å². The molecule has 1 amide bonds. The number of β-amino-alcohol motifs (C(OH)–C–C–N with tert-alkyl or cyclic N) is 1. The summed E-state index contributed by atoms with van der Waals surface area (Å²) in [5.74, 6) is -1.09. The lowest BCUT2D eigenvalue weighted by Crippen LogP contribution is -2.43. The van der Waals surface area contributed by atoms with Gasteiger partial charge < -0.3 is 36.3 Å². The number of nitrogens with zero attached hydrogens (tertiary/aromatic N) is 5. The number of imidazole rings is 1. The number of carboxylic acid groups (broad SMARTS) is 1. The highest BCUT2D eigenvalue weighted by Crippen LogP contribution is 2.45. The van der Waals surface area contributed by atoms with Gasteiger partial charge in [0, 0.05) is 25.9 Å². The van der Waals surface area contributed by atoms with Crippen LogP contribution in [-0.2, 0) is 9.59 Å². The third-order valence-corrected chi connectivity index (χ3v) is 7.06. The van der Waals surface area contributed by atoms with Crippen molar-refractivity contribution in [3.63, 3.8) is 0 Å². The van der Waals surface area contributed by atoms with Crippen molar-refractivity contribution in [1.82, 2.24) is 24.4 Å². The van der Waals surface area contributed by atoms with Crippen molar-refractivity contribution in [2.45, 2.75) is 69.6 Å². The maximum atomic E-state index is 13.4. The summed E-state index contributed by atoms with van der Waals surface area (Å²) in [4.78, 5) is 38.8. The number of aromatic nitrogens is 4. The summed E-state index contributed by atoms with van der Waals surface area (Å²) in [5.41, 5.74) is 10.4. The number of aliphatic hydroxyl groups excluding tert-OH is 1. The molecule has 1 aliphatic carbocycles. The number of aliphatic carboxylic acids is 1. The lowest BCUT2D eigenvalue weighted by atomic mass is 9.79. The van der Waals surface area contributed by atoms with Gasteiger partial charge in [0.05, 0.1) is 30.5 Å². The SMILES string of the molecule is C[C@@]1(O)C[C@H](O)CN(C(=O)CC2(CC(=O)O)CCCC2)C[C@H]1n1cnc2c(N)nc(N)nc21. The molecule has 1 saturated carbocycles. The van der Waals surface area contributed by atoms with E-state index in [1.807, 2.05) is 0 Å². The number of carbonyl (C=O) groups excluding carboxylic acids is 1. The third-order valence-electron chi connectivity index (χ3n) is 7.06. The number of carboxylic acids is 1. The summed E-state index contributed by atoms with van der Waals surface area (Å²) in [5, 5.41) is 31.3. The zero-order chi connectivity index (χ0) is 24.0. The van der Waals surface area contributed by atoms with Gasteiger partial charge >= 0.3 is 5.97 Å². The van der Waals surface area contributed by atoms with Crippen molar-refractivity contribution in [2.75, 3.05) is 24.6 Å². The van der Waals surface area contributed by atoms with Crippen molar-refractivity contribution >= 4 is 34.8 Å². The predicted molar refractivity (Wildman–Crippen MR) is 119 cm³/mol. The number of carbonyl (C=O) groups is 2. The van der Waals surface area contributed by atoms with E-state index in [1.165, 1.54) is 11.2 Å². The molecule has 12 nitrogen and oxygen atoms in total. The van der Waals surface area contributed by atoms with Crippen molar-refractivity contribution < 1.29 is 24.9 Å². The summed E-state index contributed by atoms with van der Waals surface area (Å²) in [7, 11) is 0. The standard InChI is InChI=1S/C21H31N7O5/c1-20(33)6-12(29)9-27(14(30)7-21(8-15(31)32)4-2-3-5-21)10-13(20)28-11-24-16-17(22)25-19(23)26-18(16)28/h11-13,29,33H,2-10H2,1H3,(H,31,32)(H4,22,23,25,26)/t12-,13+,20+/m0/s1. The molecule has 2 aromatic heterocycles. The Bertz CT molecular complexity index is 1060. The van der Waals surface area contributed by atoms with Crippen LogP contribution >= 0.6 is 0 Å².